The Balaban J connectivity index is 1.95. The molecule has 0 unspecified atom stereocenters. The molecule has 2 rings (SSSR count). The van der Waals surface area contributed by atoms with Gasteiger partial charge in [0, 0.05) is 19.6 Å². The van der Waals surface area contributed by atoms with Gasteiger partial charge < -0.3 is 20.7 Å². The van der Waals surface area contributed by atoms with E-state index in [9.17, 15) is 10.1 Å². The molecule has 1 saturated heterocycles. The lowest BCUT2D eigenvalue weighted by molar-refractivity contribution is -0.384. The number of anilines is 1. The van der Waals surface area contributed by atoms with Gasteiger partial charge in [-0.1, -0.05) is 0 Å². The zero-order valence-electron chi connectivity index (χ0n) is 12.1. The molecule has 1 aliphatic heterocycles. The van der Waals surface area contributed by atoms with E-state index in [-0.39, 0.29) is 5.69 Å². The summed E-state index contributed by atoms with van der Waals surface area (Å²) in [6.07, 6.45) is 2.49. The van der Waals surface area contributed by atoms with Crippen LogP contribution in [0.15, 0.2) is 18.2 Å². The van der Waals surface area contributed by atoms with Gasteiger partial charge in [0.05, 0.1) is 11.0 Å². The van der Waals surface area contributed by atoms with Crippen LogP contribution in [0, 0.1) is 10.1 Å². The minimum Gasteiger partial charge on any atom is -0.492 e. The van der Waals surface area contributed by atoms with E-state index in [2.05, 4.69) is 10.2 Å². The summed E-state index contributed by atoms with van der Waals surface area (Å²) in [6, 6.07) is 4.85. The first-order chi connectivity index (χ1) is 10.2. The molecule has 0 spiro atoms. The number of nitro groups is 1. The first-order valence-corrected chi connectivity index (χ1v) is 7.28. The van der Waals surface area contributed by atoms with Crippen LogP contribution in [0.5, 0.6) is 5.75 Å². The summed E-state index contributed by atoms with van der Waals surface area (Å²) >= 11 is 0. The molecule has 0 aromatic heterocycles. The van der Waals surface area contributed by atoms with E-state index in [1.165, 1.54) is 18.9 Å². The van der Waals surface area contributed by atoms with Crippen molar-refractivity contribution in [3.05, 3.63) is 28.3 Å². The number of hydrogen-bond acceptors (Lipinski definition) is 6. The number of benzene rings is 1. The fourth-order valence-corrected chi connectivity index (χ4v) is 2.43. The second kappa shape index (κ2) is 7.80. The van der Waals surface area contributed by atoms with Gasteiger partial charge in [-0.2, -0.15) is 0 Å². The van der Waals surface area contributed by atoms with Crippen molar-refractivity contribution in [3.8, 4) is 5.75 Å². The lowest BCUT2D eigenvalue weighted by atomic mass is 10.2. The molecule has 7 nitrogen and oxygen atoms in total. The summed E-state index contributed by atoms with van der Waals surface area (Å²) < 4.78 is 5.32. The van der Waals surface area contributed by atoms with Gasteiger partial charge in [0.25, 0.3) is 5.69 Å². The maximum atomic E-state index is 11.1. The molecule has 116 valence electrons. The van der Waals surface area contributed by atoms with Crippen molar-refractivity contribution in [1.82, 2.24) is 4.90 Å². The largest absolute Gasteiger partial charge is 0.492 e. The SMILES string of the molecule is NCCOc1ccc(NCCN2CCCC2)c([N+](=O)[O-])c1. The second-order valence-electron chi connectivity index (χ2n) is 5.05. The summed E-state index contributed by atoms with van der Waals surface area (Å²) in [5.41, 5.74) is 5.91. The predicted molar refractivity (Wildman–Crippen MR) is 81.8 cm³/mol. The van der Waals surface area contributed by atoms with Crippen LogP contribution in [0.25, 0.3) is 0 Å². The van der Waals surface area contributed by atoms with Crippen molar-refractivity contribution < 1.29 is 9.66 Å². The minimum atomic E-state index is -0.395. The lowest BCUT2D eigenvalue weighted by Gasteiger charge is -2.15. The van der Waals surface area contributed by atoms with Gasteiger partial charge >= 0.3 is 0 Å². The van der Waals surface area contributed by atoms with Crippen molar-refractivity contribution in [2.75, 3.05) is 44.6 Å². The van der Waals surface area contributed by atoms with Gasteiger partial charge in [-0.05, 0) is 38.1 Å². The summed E-state index contributed by atoms with van der Waals surface area (Å²) in [5.74, 6) is 0.470. The summed E-state index contributed by atoms with van der Waals surface area (Å²) in [6.45, 7) is 4.57. The Labute approximate surface area is 124 Å². The number of ether oxygens (including phenoxy) is 1. The number of nitro benzene ring substituents is 1. The number of nitrogens with zero attached hydrogens (tertiary/aromatic N) is 2. The zero-order chi connectivity index (χ0) is 15.1. The fraction of sp³-hybridized carbons (Fsp3) is 0.571. The normalized spacial score (nSPS) is 15.1. The number of hydrogen-bond donors (Lipinski definition) is 2. The van der Waals surface area contributed by atoms with Crippen LogP contribution in [0.4, 0.5) is 11.4 Å². The molecule has 0 amide bonds. The van der Waals surface area contributed by atoms with E-state index in [1.807, 2.05) is 0 Å². The van der Waals surface area contributed by atoms with Gasteiger partial charge in [0.15, 0.2) is 0 Å². The third-order valence-corrected chi connectivity index (χ3v) is 3.49. The molecule has 1 aromatic carbocycles. The van der Waals surface area contributed by atoms with Crippen LogP contribution in [0.2, 0.25) is 0 Å². The highest BCUT2D eigenvalue weighted by atomic mass is 16.6. The molecule has 1 aliphatic rings. The fourth-order valence-electron chi connectivity index (χ4n) is 2.43. The Morgan fingerprint density at radius 3 is 2.81 bits per heavy atom. The van der Waals surface area contributed by atoms with Gasteiger partial charge in [0.2, 0.25) is 0 Å². The minimum absolute atomic E-state index is 0.0333. The van der Waals surface area contributed by atoms with Crippen molar-refractivity contribution in [3.63, 3.8) is 0 Å². The lowest BCUT2D eigenvalue weighted by Crippen LogP contribution is -2.26. The van der Waals surface area contributed by atoms with Crippen LogP contribution in [0.3, 0.4) is 0 Å². The third kappa shape index (κ3) is 4.57. The third-order valence-electron chi connectivity index (χ3n) is 3.49. The second-order valence-corrected chi connectivity index (χ2v) is 5.05. The molecule has 21 heavy (non-hydrogen) atoms. The monoisotopic (exact) mass is 294 g/mol. The highest BCUT2D eigenvalue weighted by Crippen LogP contribution is 2.29. The van der Waals surface area contributed by atoms with Crippen LogP contribution in [0.1, 0.15) is 12.8 Å². The van der Waals surface area contributed by atoms with Crippen LogP contribution in [-0.2, 0) is 0 Å². The standard InChI is InChI=1S/C14H22N4O3/c15-5-10-21-12-3-4-13(14(11-12)18(19)20)16-6-9-17-7-1-2-8-17/h3-4,11,16H,1-2,5-10,15H2. The van der Waals surface area contributed by atoms with Crippen LogP contribution in [-0.4, -0.2) is 49.2 Å². The van der Waals surface area contributed by atoms with Crippen LogP contribution >= 0.6 is 0 Å². The number of likely N-dealkylation sites (tertiary alicyclic amines) is 1. The van der Waals surface area contributed by atoms with Crippen molar-refractivity contribution >= 4 is 11.4 Å². The van der Waals surface area contributed by atoms with Crippen LogP contribution < -0.4 is 15.8 Å². The number of rotatable bonds is 8. The van der Waals surface area contributed by atoms with Crippen molar-refractivity contribution in [1.29, 1.82) is 0 Å². The maximum absolute atomic E-state index is 11.1. The Hall–Kier alpha value is -1.86. The Morgan fingerprint density at radius 2 is 2.14 bits per heavy atom. The van der Waals surface area contributed by atoms with E-state index in [4.69, 9.17) is 10.5 Å². The Bertz CT molecular complexity index is 475. The molecule has 1 fully saturated rings. The van der Waals surface area contributed by atoms with Crippen molar-refractivity contribution in [2.45, 2.75) is 12.8 Å². The smallest absolute Gasteiger partial charge is 0.296 e. The molecule has 0 radical (unpaired) electrons. The predicted octanol–water partition coefficient (Wildman–Crippen LogP) is 1.44. The Morgan fingerprint density at radius 1 is 1.38 bits per heavy atom. The van der Waals surface area contributed by atoms with E-state index in [1.54, 1.807) is 12.1 Å². The topological polar surface area (TPSA) is 93.7 Å². The van der Waals surface area contributed by atoms with E-state index in [0.29, 0.717) is 31.1 Å². The highest BCUT2D eigenvalue weighted by Gasteiger charge is 2.16. The van der Waals surface area contributed by atoms with Gasteiger partial charge in [-0.25, -0.2) is 0 Å². The van der Waals surface area contributed by atoms with E-state index < -0.39 is 4.92 Å². The summed E-state index contributed by atoms with van der Waals surface area (Å²) in [5, 5.41) is 14.3. The molecule has 1 heterocycles. The number of nitrogens with one attached hydrogen (secondary N) is 1. The van der Waals surface area contributed by atoms with E-state index in [0.717, 1.165) is 19.6 Å². The molecule has 0 atom stereocenters. The summed E-state index contributed by atoms with van der Waals surface area (Å²) in [4.78, 5) is 13.1. The highest BCUT2D eigenvalue weighted by molar-refractivity contribution is 5.63. The average molecular weight is 294 g/mol. The molecule has 0 saturated carbocycles. The number of nitrogens with two attached hydrogens (primary N) is 1. The summed E-state index contributed by atoms with van der Waals surface area (Å²) in [7, 11) is 0. The van der Waals surface area contributed by atoms with Gasteiger partial charge in [0.1, 0.15) is 18.0 Å². The zero-order valence-corrected chi connectivity index (χ0v) is 12.1. The van der Waals surface area contributed by atoms with Gasteiger partial charge in [-0.3, -0.25) is 10.1 Å². The van der Waals surface area contributed by atoms with E-state index >= 15 is 0 Å². The molecule has 0 aliphatic carbocycles. The van der Waals surface area contributed by atoms with Crippen molar-refractivity contribution in [2.24, 2.45) is 5.73 Å². The first-order valence-electron chi connectivity index (χ1n) is 7.28. The molecule has 7 heteroatoms. The molecule has 1 aromatic rings. The molecular weight excluding hydrogens is 272 g/mol. The average Bonchev–Trinajstić information content (AvgIpc) is 2.99. The van der Waals surface area contributed by atoms with Gasteiger partial charge in [-0.15, -0.1) is 0 Å². The Kier molecular flexibility index (Phi) is 5.77. The molecule has 3 N–H and O–H groups in total. The molecule has 0 bridgehead atoms. The maximum Gasteiger partial charge on any atom is 0.296 e. The quantitative estimate of drug-likeness (QED) is 0.556. The molecular formula is C14H22N4O3. The first kappa shape index (κ1) is 15.5.